The Hall–Kier alpha value is -4.78. The summed E-state index contributed by atoms with van der Waals surface area (Å²) in [5.74, 6) is -0.182. The molecule has 0 atom stereocenters. The molecule has 0 amide bonds. The molecule has 0 aliphatic rings. The molecule has 0 bridgehead atoms. The van der Waals surface area contributed by atoms with Crippen molar-refractivity contribution >= 4 is 11.9 Å². The zero-order valence-corrected chi connectivity index (χ0v) is 34.3. The smallest absolute Gasteiger partial charge is 0.341 e. The molecular weight excluding hydrogens is 700 g/mol. The summed E-state index contributed by atoms with van der Waals surface area (Å²) in [7, 11) is 0. The summed E-state index contributed by atoms with van der Waals surface area (Å²) in [5.41, 5.74) is -0.0575. The van der Waals surface area contributed by atoms with Gasteiger partial charge in [-0.25, -0.2) is 9.59 Å². The number of esters is 2. The van der Waals surface area contributed by atoms with Crippen LogP contribution in [-0.2, 0) is 19.7 Å². The normalized spacial score (nSPS) is 11.0. The number of hydrogen-bond acceptors (Lipinski definition) is 13. The van der Waals surface area contributed by atoms with E-state index in [4.69, 9.17) is 52.1 Å². The lowest BCUT2D eigenvalue weighted by Crippen LogP contribution is -2.26. The molecule has 0 saturated heterocycles. The molecule has 2 aromatic carbocycles. The van der Waals surface area contributed by atoms with Crippen LogP contribution in [0.5, 0.6) is 57.5 Å². The van der Waals surface area contributed by atoms with Gasteiger partial charge in [-0.05, 0) is 69.2 Å². The van der Waals surface area contributed by atoms with Crippen molar-refractivity contribution in [2.45, 2.75) is 88.5 Å². The molecule has 302 valence electrons. The van der Waals surface area contributed by atoms with Crippen molar-refractivity contribution in [2.75, 3.05) is 66.1 Å². The molecule has 0 N–H and O–H groups in total. The first-order valence-corrected chi connectivity index (χ1v) is 18.7. The third-order valence-electron chi connectivity index (χ3n) is 7.62. The van der Waals surface area contributed by atoms with E-state index in [1.54, 1.807) is 34.6 Å². The average molecular weight is 761 g/mol. The second-order valence-corrected chi connectivity index (χ2v) is 11.9. The van der Waals surface area contributed by atoms with E-state index in [0.717, 1.165) is 0 Å². The van der Waals surface area contributed by atoms with Gasteiger partial charge in [0.05, 0.1) is 76.2 Å². The lowest BCUT2D eigenvalue weighted by atomic mass is 9.75. The molecule has 0 heterocycles. The Morgan fingerprint density at radius 2 is 0.722 bits per heavy atom. The second kappa shape index (κ2) is 21.8. The van der Waals surface area contributed by atoms with Crippen LogP contribution < -0.4 is 47.4 Å². The maximum Gasteiger partial charge on any atom is 0.341 e. The Morgan fingerprint density at radius 3 is 0.981 bits per heavy atom. The second-order valence-electron chi connectivity index (χ2n) is 11.9. The van der Waals surface area contributed by atoms with Crippen molar-refractivity contribution in [3.05, 3.63) is 35.4 Å². The van der Waals surface area contributed by atoms with E-state index in [2.05, 4.69) is 13.2 Å². The Balaban J connectivity index is 3.41. The maximum absolute atomic E-state index is 13.5. The van der Waals surface area contributed by atoms with Gasteiger partial charge in [0.1, 0.15) is 0 Å². The maximum atomic E-state index is 13.5. The lowest BCUT2D eigenvalue weighted by molar-refractivity contribution is -0.131. The van der Waals surface area contributed by atoms with Gasteiger partial charge in [-0.3, -0.25) is 0 Å². The third kappa shape index (κ3) is 10.2. The highest BCUT2D eigenvalue weighted by atomic mass is 16.6. The molecule has 0 radical (unpaired) electrons. The van der Waals surface area contributed by atoms with Crippen molar-refractivity contribution in [3.63, 3.8) is 0 Å². The van der Waals surface area contributed by atoms with Gasteiger partial charge in [0, 0.05) is 17.6 Å². The minimum Gasteiger partial charge on any atom is -0.489 e. The van der Waals surface area contributed by atoms with E-state index in [1.807, 2.05) is 48.5 Å². The Kier molecular flexibility index (Phi) is 18.3. The van der Waals surface area contributed by atoms with Crippen LogP contribution in [0.4, 0.5) is 0 Å². The zero-order chi connectivity index (χ0) is 40.6. The van der Waals surface area contributed by atoms with Crippen LogP contribution in [0.15, 0.2) is 24.3 Å². The van der Waals surface area contributed by atoms with Crippen LogP contribution in [0.25, 0.3) is 0 Å². The van der Waals surface area contributed by atoms with Gasteiger partial charge < -0.3 is 52.1 Å². The first kappa shape index (κ1) is 45.4. The third-order valence-corrected chi connectivity index (χ3v) is 7.62. The van der Waals surface area contributed by atoms with Crippen molar-refractivity contribution in [1.29, 1.82) is 0 Å². The van der Waals surface area contributed by atoms with Gasteiger partial charge in [-0.15, -0.1) is 0 Å². The number of carbonyl (C=O) groups is 2. The minimum atomic E-state index is -1.21. The highest BCUT2D eigenvalue weighted by Crippen LogP contribution is 2.64. The fourth-order valence-corrected chi connectivity index (χ4v) is 5.58. The first-order valence-electron chi connectivity index (χ1n) is 18.7. The van der Waals surface area contributed by atoms with E-state index >= 15 is 0 Å². The largest absolute Gasteiger partial charge is 0.489 e. The Morgan fingerprint density at radius 1 is 0.444 bits per heavy atom. The molecule has 0 saturated carbocycles. The SMILES string of the molecule is C=C(C)C(=O)Oc1c(OCC)c(OCC)c(C(C)(C)c2c(OCC)c(OCC)c(OC(=O)C(=C)COCC)c(OCC)c2OCC)c(OCC)c1OCC. The van der Waals surface area contributed by atoms with Crippen LogP contribution in [0, 0.1) is 0 Å². The van der Waals surface area contributed by atoms with E-state index in [9.17, 15) is 9.59 Å². The summed E-state index contributed by atoms with van der Waals surface area (Å²) in [6.45, 7) is 31.1. The van der Waals surface area contributed by atoms with Crippen molar-refractivity contribution in [3.8, 4) is 57.5 Å². The van der Waals surface area contributed by atoms with Crippen molar-refractivity contribution in [2.24, 2.45) is 0 Å². The summed E-state index contributed by atoms with van der Waals surface area (Å²) < 4.78 is 68.0. The summed E-state index contributed by atoms with van der Waals surface area (Å²) >= 11 is 0. The number of carbonyl (C=O) groups excluding carboxylic acids is 2. The number of ether oxygens (including phenoxy) is 11. The molecule has 0 fully saturated rings. The van der Waals surface area contributed by atoms with E-state index in [0.29, 0.717) is 17.7 Å². The average Bonchev–Trinajstić information content (AvgIpc) is 3.12. The molecule has 2 aromatic rings. The molecule has 0 spiro atoms. The molecule has 54 heavy (non-hydrogen) atoms. The lowest BCUT2D eigenvalue weighted by Gasteiger charge is -2.36. The number of hydrogen-bond donors (Lipinski definition) is 0. The number of rotatable bonds is 25. The molecule has 0 aliphatic heterocycles. The molecule has 0 unspecified atom stereocenters. The van der Waals surface area contributed by atoms with Crippen LogP contribution in [0.2, 0.25) is 0 Å². The Bertz CT molecular complexity index is 1530. The summed E-state index contributed by atoms with van der Waals surface area (Å²) in [5, 5.41) is 0. The Labute approximate surface area is 320 Å². The van der Waals surface area contributed by atoms with Crippen LogP contribution >= 0.6 is 0 Å². The molecule has 2 rings (SSSR count). The van der Waals surface area contributed by atoms with Crippen LogP contribution in [-0.4, -0.2) is 78.0 Å². The fourth-order valence-electron chi connectivity index (χ4n) is 5.58. The topological polar surface area (TPSA) is 136 Å². The minimum absolute atomic E-state index is 0.0206. The zero-order valence-electron chi connectivity index (χ0n) is 34.3. The highest BCUT2D eigenvalue weighted by Gasteiger charge is 2.45. The van der Waals surface area contributed by atoms with Crippen LogP contribution in [0.3, 0.4) is 0 Å². The van der Waals surface area contributed by atoms with Crippen molar-refractivity contribution in [1.82, 2.24) is 0 Å². The molecule has 13 nitrogen and oxygen atoms in total. The van der Waals surface area contributed by atoms with E-state index in [1.165, 1.54) is 0 Å². The standard InChI is InChI=1S/C41H60O13/c1-15-44-24-26(12)40(43)54-38-35(51-22-8)31(47-18-4)28(32(48-19-5)36(38)52-23-9)41(13,14)27-29(45-16-2)33(49-20-6)37(53-39(42)25(10)11)34(50-21-7)30(27)46-17-3/h10,12,15-24H2,1-9,11,13-14H3. The molecular formula is C41H60O13. The highest BCUT2D eigenvalue weighted by molar-refractivity contribution is 5.92. The summed E-state index contributed by atoms with van der Waals surface area (Å²) in [6, 6.07) is 0. The van der Waals surface area contributed by atoms with Gasteiger partial charge >= 0.3 is 11.9 Å². The van der Waals surface area contributed by atoms with Gasteiger partial charge in [0.25, 0.3) is 0 Å². The summed E-state index contributed by atoms with van der Waals surface area (Å²) in [4.78, 5) is 26.5. The summed E-state index contributed by atoms with van der Waals surface area (Å²) in [6.07, 6.45) is 0. The predicted molar refractivity (Wildman–Crippen MR) is 206 cm³/mol. The van der Waals surface area contributed by atoms with Gasteiger partial charge in [0.15, 0.2) is 23.0 Å². The van der Waals surface area contributed by atoms with E-state index in [-0.39, 0.29) is 128 Å². The van der Waals surface area contributed by atoms with Gasteiger partial charge in [-0.2, -0.15) is 0 Å². The quantitative estimate of drug-likeness (QED) is 0.0547. The van der Waals surface area contributed by atoms with Crippen LogP contribution in [0.1, 0.15) is 94.2 Å². The van der Waals surface area contributed by atoms with Gasteiger partial charge in [-0.1, -0.05) is 27.0 Å². The predicted octanol–water partition coefficient (Wildman–Crippen LogP) is 8.18. The monoisotopic (exact) mass is 760 g/mol. The molecule has 0 aromatic heterocycles. The van der Waals surface area contributed by atoms with Crippen molar-refractivity contribution < 1.29 is 61.7 Å². The molecule has 0 aliphatic carbocycles. The van der Waals surface area contributed by atoms with E-state index < -0.39 is 17.4 Å². The number of benzene rings is 2. The van der Waals surface area contributed by atoms with Gasteiger partial charge in [0.2, 0.25) is 34.5 Å². The molecule has 13 heteroatoms. The first-order chi connectivity index (χ1) is 25.8. The fraction of sp³-hybridized carbons (Fsp3) is 0.561.